The lowest BCUT2D eigenvalue weighted by atomic mass is 10.3. The van der Waals surface area contributed by atoms with Crippen LogP contribution in [0.15, 0.2) is 48.5 Å². The van der Waals surface area contributed by atoms with Gasteiger partial charge in [-0.3, -0.25) is 0 Å². The van der Waals surface area contributed by atoms with Crippen LogP contribution in [0.2, 0.25) is 5.02 Å². The minimum absolute atomic E-state index is 0.124. The zero-order valence-electron chi connectivity index (χ0n) is 10.7. The Labute approximate surface area is 122 Å². The van der Waals surface area contributed by atoms with Crippen LogP contribution in [0.1, 0.15) is 0 Å². The average Bonchev–Trinajstić information content (AvgIpc) is 2.47. The molecule has 1 atom stereocenters. The molecule has 2 aromatic carbocycles. The summed E-state index contributed by atoms with van der Waals surface area (Å²) in [5.41, 5.74) is 0.260. The predicted molar refractivity (Wildman–Crippen MR) is 77.8 cm³/mol. The first-order valence-electron chi connectivity index (χ1n) is 6.20. The summed E-state index contributed by atoms with van der Waals surface area (Å²) in [5.74, 6) is 0.270. The molecule has 0 heterocycles. The zero-order valence-corrected chi connectivity index (χ0v) is 11.5. The first-order chi connectivity index (χ1) is 9.65. The minimum Gasteiger partial charge on any atom is -0.491 e. The van der Waals surface area contributed by atoms with E-state index in [-0.39, 0.29) is 18.8 Å². The maximum atomic E-state index is 13.4. The fourth-order valence-electron chi connectivity index (χ4n) is 1.63. The summed E-state index contributed by atoms with van der Waals surface area (Å²) in [6.45, 7) is 0.295. The number of anilines is 1. The maximum absolute atomic E-state index is 13.4. The SMILES string of the molecule is OC(CNc1cc(Cl)ccc1F)COc1ccccc1. The highest BCUT2D eigenvalue weighted by atomic mass is 35.5. The van der Waals surface area contributed by atoms with Gasteiger partial charge in [0.1, 0.15) is 24.3 Å². The van der Waals surface area contributed by atoms with Crippen LogP contribution in [0.4, 0.5) is 10.1 Å². The van der Waals surface area contributed by atoms with Crippen LogP contribution in [-0.2, 0) is 0 Å². The van der Waals surface area contributed by atoms with Crippen LogP contribution >= 0.6 is 11.6 Å². The molecule has 0 aliphatic heterocycles. The van der Waals surface area contributed by atoms with Crippen molar-refractivity contribution >= 4 is 17.3 Å². The van der Waals surface area contributed by atoms with Gasteiger partial charge in [-0.15, -0.1) is 0 Å². The van der Waals surface area contributed by atoms with E-state index >= 15 is 0 Å². The molecule has 3 nitrogen and oxygen atoms in total. The Hall–Kier alpha value is -1.78. The Morgan fingerprint density at radius 2 is 1.95 bits per heavy atom. The predicted octanol–water partition coefficient (Wildman–Crippen LogP) is 3.33. The quantitative estimate of drug-likeness (QED) is 0.859. The fourth-order valence-corrected chi connectivity index (χ4v) is 1.80. The van der Waals surface area contributed by atoms with E-state index in [0.717, 1.165) is 0 Å². The summed E-state index contributed by atoms with van der Waals surface area (Å²) in [6.07, 6.45) is -0.756. The number of aliphatic hydroxyl groups is 1. The van der Waals surface area contributed by atoms with Crippen molar-refractivity contribution in [1.29, 1.82) is 0 Å². The number of nitrogens with one attached hydrogen (secondary N) is 1. The monoisotopic (exact) mass is 295 g/mol. The van der Waals surface area contributed by atoms with Gasteiger partial charge in [0.15, 0.2) is 0 Å². The van der Waals surface area contributed by atoms with Crippen LogP contribution in [-0.4, -0.2) is 24.4 Å². The molecule has 106 valence electrons. The van der Waals surface area contributed by atoms with Gasteiger partial charge in [-0.25, -0.2) is 4.39 Å². The van der Waals surface area contributed by atoms with Crippen LogP contribution in [0.3, 0.4) is 0 Å². The van der Waals surface area contributed by atoms with Gasteiger partial charge in [-0.1, -0.05) is 29.8 Å². The molecule has 0 aromatic heterocycles. The first kappa shape index (κ1) is 14.6. The third kappa shape index (κ3) is 4.40. The van der Waals surface area contributed by atoms with Gasteiger partial charge >= 0.3 is 0 Å². The Morgan fingerprint density at radius 3 is 2.70 bits per heavy atom. The molecule has 0 fully saturated rings. The van der Waals surface area contributed by atoms with E-state index < -0.39 is 11.9 Å². The van der Waals surface area contributed by atoms with Gasteiger partial charge < -0.3 is 15.2 Å². The standard InChI is InChI=1S/C15H15ClFNO2/c16-11-6-7-14(17)15(8-11)18-9-12(19)10-20-13-4-2-1-3-5-13/h1-8,12,18-19H,9-10H2. The van der Waals surface area contributed by atoms with E-state index in [2.05, 4.69) is 5.32 Å². The Balaban J connectivity index is 1.80. The number of rotatable bonds is 6. The molecule has 2 rings (SSSR count). The second-order valence-electron chi connectivity index (χ2n) is 4.28. The minimum atomic E-state index is -0.756. The number of halogens is 2. The number of ether oxygens (including phenoxy) is 1. The molecule has 5 heteroatoms. The van der Waals surface area contributed by atoms with Crippen molar-refractivity contribution < 1.29 is 14.2 Å². The zero-order chi connectivity index (χ0) is 14.4. The lowest BCUT2D eigenvalue weighted by molar-refractivity contribution is 0.117. The van der Waals surface area contributed by atoms with E-state index in [9.17, 15) is 9.50 Å². The summed E-state index contributed by atoms with van der Waals surface area (Å²) in [5, 5.41) is 13.0. The summed E-state index contributed by atoms with van der Waals surface area (Å²) in [7, 11) is 0. The molecule has 0 radical (unpaired) electrons. The van der Waals surface area contributed by atoms with Crippen LogP contribution in [0, 0.1) is 5.82 Å². The maximum Gasteiger partial charge on any atom is 0.146 e. The third-order valence-corrected chi connectivity index (χ3v) is 2.88. The van der Waals surface area contributed by atoms with E-state index in [1.807, 2.05) is 18.2 Å². The molecular formula is C15H15ClFNO2. The summed E-state index contributed by atoms with van der Waals surface area (Å²) in [6, 6.07) is 13.4. The second kappa shape index (κ2) is 7.12. The smallest absolute Gasteiger partial charge is 0.146 e. The topological polar surface area (TPSA) is 41.5 Å². The lowest BCUT2D eigenvalue weighted by Crippen LogP contribution is -2.26. The molecule has 2 aromatic rings. The Bertz CT molecular complexity index is 551. The van der Waals surface area contributed by atoms with Crippen LogP contribution in [0.25, 0.3) is 0 Å². The molecule has 0 aliphatic rings. The van der Waals surface area contributed by atoms with Crippen molar-refractivity contribution in [3.05, 3.63) is 59.4 Å². The average molecular weight is 296 g/mol. The van der Waals surface area contributed by atoms with Crippen molar-refractivity contribution in [3.8, 4) is 5.75 Å². The van der Waals surface area contributed by atoms with Crippen molar-refractivity contribution in [2.24, 2.45) is 0 Å². The van der Waals surface area contributed by atoms with Crippen molar-refractivity contribution in [2.75, 3.05) is 18.5 Å². The Kier molecular flexibility index (Phi) is 5.21. The van der Waals surface area contributed by atoms with Gasteiger partial charge in [-0.05, 0) is 30.3 Å². The number of hydrogen-bond donors (Lipinski definition) is 2. The number of benzene rings is 2. The second-order valence-corrected chi connectivity index (χ2v) is 4.72. The molecule has 2 N–H and O–H groups in total. The largest absolute Gasteiger partial charge is 0.491 e. The molecule has 0 spiro atoms. The number of para-hydroxylation sites is 1. The molecule has 1 unspecified atom stereocenters. The lowest BCUT2D eigenvalue weighted by Gasteiger charge is -2.14. The fraction of sp³-hybridized carbons (Fsp3) is 0.200. The third-order valence-electron chi connectivity index (χ3n) is 2.64. The summed E-state index contributed by atoms with van der Waals surface area (Å²) in [4.78, 5) is 0. The Morgan fingerprint density at radius 1 is 1.20 bits per heavy atom. The van der Waals surface area contributed by atoms with Crippen LogP contribution < -0.4 is 10.1 Å². The van der Waals surface area contributed by atoms with Crippen molar-refractivity contribution in [2.45, 2.75) is 6.10 Å². The molecular weight excluding hydrogens is 281 g/mol. The summed E-state index contributed by atoms with van der Waals surface area (Å²) >= 11 is 5.78. The van der Waals surface area contributed by atoms with Gasteiger partial charge in [0.2, 0.25) is 0 Å². The van der Waals surface area contributed by atoms with Gasteiger partial charge in [0, 0.05) is 11.6 Å². The van der Waals surface area contributed by atoms with Gasteiger partial charge in [0.25, 0.3) is 0 Å². The van der Waals surface area contributed by atoms with Crippen molar-refractivity contribution in [1.82, 2.24) is 0 Å². The first-order valence-corrected chi connectivity index (χ1v) is 6.58. The van der Waals surface area contributed by atoms with Gasteiger partial charge in [-0.2, -0.15) is 0 Å². The molecule has 0 amide bonds. The van der Waals surface area contributed by atoms with E-state index in [4.69, 9.17) is 16.3 Å². The van der Waals surface area contributed by atoms with Crippen molar-refractivity contribution in [3.63, 3.8) is 0 Å². The molecule has 20 heavy (non-hydrogen) atoms. The van der Waals surface area contributed by atoms with Crippen LogP contribution in [0.5, 0.6) is 5.75 Å². The number of aliphatic hydroxyl groups excluding tert-OH is 1. The highest BCUT2D eigenvalue weighted by molar-refractivity contribution is 6.30. The normalized spacial score (nSPS) is 11.9. The number of hydrogen-bond acceptors (Lipinski definition) is 3. The van der Waals surface area contributed by atoms with Gasteiger partial charge in [0.05, 0.1) is 5.69 Å². The molecule has 0 bridgehead atoms. The van der Waals surface area contributed by atoms with E-state index in [1.165, 1.54) is 18.2 Å². The molecule has 0 aliphatic carbocycles. The molecule has 0 saturated carbocycles. The molecule has 0 saturated heterocycles. The summed E-state index contributed by atoms with van der Waals surface area (Å²) < 4.78 is 18.8. The van der Waals surface area contributed by atoms with E-state index in [1.54, 1.807) is 12.1 Å². The van der Waals surface area contributed by atoms with E-state index in [0.29, 0.717) is 10.8 Å². The highest BCUT2D eigenvalue weighted by Crippen LogP contribution is 2.19. The highest BCUT2D eigenvalue weighted by Gasteiger charge is 2.08.